The van der Waals surface area contributed by atoms with Crippen LogP contribution in [0.5, 0.6) is 0 Å². The summed E-state index contributed by atoms with van der Waals surface area (Å²) in [7, 11) is -3.99. The molecule has 3 N–H and O–H groups in total. The smallest absolute Gasteiger partial charge is 0.261 e. The summed E-state index contributed by atoms with van der Waals surface area (Å²) < 4.78 is 30.0. The van der Waals surface area contributed by atoms with Gasteiger partial charge in [-0.15, -0.1) is 0 Å². The summed E-state index contributed by atoms with van der Waals surface area (Å²) in [4.78, 5) is 21.8. The molecule has 34 heavy (non-hydrogen) atoms. The van der Waals surface area contributed by atoms with E-state index in [-0.39, 0.29) is 43.8 Å². The SMILES string of the molecule is CCC(C)n1cc(C(=O)c2cccc(NS(=O)(=O)c3cc(Cl)cc(Cl)c3)c2)c2c(N)ncnc21. The number of benzene rings is 2. The van der Waals surface area contributed by atoms with Crippen molar-refractivity contribution in [2.75, 3.05) is 10.5 Å². The second-order valence-corrected chi connectivity index (χ2v) is 10.3. The van der Waals surface area contributed by atoms with Crippen molar-refractivity contribution in [3.8, 4) is 0 Å². The molecule has 2 heterocycles. The van der Waals surface area contributed by atoms with Crippen LogP contribution in [0.1, 0.15) is 42.2 Å². The Hall–Kier alpha value is -3.14. The van der Waals surface area contributed by atoms with Gasteiger partial charge in [0.15, 0.2) is 5.78 Å². The molecule has 4 aromatic rings. The van der Waals surface area contributed by atoms with Gasteiger partial charge in [0.05, 0.1) is 15.8 Å². The van der Waals surface area contributed by atoms with Gasteiger partial charge in [0.2, 0.25) is 0 Å². The van der Waals surface area contributed by atoms with Crippen LogP contribution in [0.2, 0.25) is 10.0 Å². The molecule has 176 valence electrons. The van der Waals surface area contributed by atoms with E-state index in [1.165, 1.54) is 30.6 Å². The molecule has 1 atom stereocenters. The van der Waals surface area contributed by atoms with Gasteiger partial charge in [-0.1, -0.05) is 42.3 Å². The number of sulfonamides is 1. The topological polar surface area (TPSA) is 120 Å². The van der Waals surface area contributed by atoms with E-state index in [0.29, 0.717) is 16.6 Å². The van der Waals surface area contributed by atoms with Crippen molar-refractivity contribution in [3.05, 3.63) is 76.2 Å². The van der Waals surface area contributed by atoms with E-state index in [4.69, 9.17) is 28.9 Å². The van der Waals surface area contributed by atoms with Crippen molar-refractivity contribution < 1.29 is 13.2 Å². The molecule has 0 spiro atoms. The fourth-order valence-corrected chi connectivity index (χ4v) is 5.37. The van der Waals surface area contributed by atoms with Gasteiger partial charge < -0.3 is 10.3 Å². The lowest BCUT2D eigenvalue weighted by molar-refractivity contribution is 0.104. The first kappa shape index (κ1) is 24.0. The molecule has 0 radical (unpaired) electrons. The number of fused-ring (bicyclic) bond motifs is 1. The minimum Gasteiger partial charge on any atom is -0.383 e. The van der Waals surface area contributed by atoms with Gasteiger partial charge in [-0.3, -0.25) is 9.52 Å². The predicted molar refractivity (Wildman–Crippen MR) is 134 cm³/mol. The third-order valence-corrected chi connectivity index (χ3v) is 7.27. The van der Waals surface area contributed by atoms with E-state index in [1.54, 1.807) is 24.4 Å². The number of nitrogens with one attached hydrogen (secondary N) is 1. The summed E-state index contributed by atoms with van der Waals surface area (Å²) in [6.07, 6.45) is 3.91. The molecule has 0 fully saturated rings. The fourth-order valence-electron chi connectivity index (χ4n) is 3.59. The van der Waals surface area contributed by atoms with Crippen molar-refractivity contribution in [2.24, 2.45) is 0 Å². The van der Waals surface area contributed by atoms with E-state index in [0.717, 1.165) is 6.42 Å². The summed E-state index contributed by atoms with van der Waals surface area (Å²) >= 11 is 11.9. The summed E-state index contributed by atoms with van der Waals surface area (Å²) in [6.45, 7) is 4.05. The second-order valence-electron chi connectivity index (χ2n) is 7.79. The molecular formula is C23H21Cl2N5O3S. The van der Waals surface area contributed by atoms with Crippen molar-refractivity contribution in [1.29, 1.82) is 0 Å². The lowest BCUT2D eigenvalue weighted by Crippen LogP contribution is -2.13. The lowest BCUT2D eigenvalue weighted by atomic mass is 10.0. The Morgan fingerprint density at radius 2 is 1.85 bits per heavy atom. The van der Waals surface area contributed by atoms with Gasteiger partial charge in [0.25, 0.3) is 10.0 Å². The first-order chi connectivity index (χ1) is 16.1. The minimum absolute atomic E-state index is 0.0843. The Kier molecular flexibility index (Phi) is 6.53. The molecule has 0 saturated heterocycles. The van der Waals surface area contributed by atoms with Crippen molar-refractivity contribution >= 4 is 61.5 Å². The number of halogens is 2. The number of hydrogen-bond donors (Lipinski definition) is 2. The van der Waals surface area contributed by atoms with Crippen molar-refractivity contribution in [3.63, 3.8) is 0 Å². The summed E-state index contributed by atoms with van der Waals surface area (Å²) in [5.41, 5.74) is 7.49. The Bertz CT molecular complexity index is 1500. The molecule has 0 bridgehead atoms. The summed E-state index contributed by atoms with van der Waals surface area (Å²) in [5, 5.41) is 0.843. The standard InChI is InChI=1S/C23H21Cl2N5O3S/c1-3-13(2)30-11-19(20-22(26)27-12-28-23(20)30)21(31)14-5-4-6-17(7-14)29-34(32,33)18-9-15(24)8-16(25)10-18/h4-13,29H,3H2,1-2H3,(H2,26,27,28). The molecule has 0 aliphatic heterocycles. The molecule has 2 aromatic heterocycles. The van der Waals surface area contributed by atoms with Crippen LogP contribution in [0, 0.1) is 0 Å². The number of nitrogen functional groups attached to an aromatic ring is 1. The highest BCUT2D eigenvalue weighted by atomic mass is 35.5. The summed E-state index contributed by atoms with van der Waals surface area (Å²) in [5.74, 6) is -0.134. The van der Waals surface area contributed by atoms with Crippen LogP contribution in [0.15, 0.2) is 59.9 Å². The van der Waals surface area contributed by atoms with E-state index in [9.17, 15) is 13.2 Å². The number of nitrogens with zero attached hydrogens (tertiary/aromatic N) is 3. The fraction of sp³-hybridized carbons (Fsp3) is 0.174. The first-order valence-corrected chi connectivity index (χ1v) is 12.6. The number of anilines is 2. The Morgan fingerprint density at radius 3 is 2.53 bits per heavy atom. The number of aromatic nitrogens is 3. The Labute approximate surface area is 206 Å². The molecule has 1 unspecified atom stereocenters. The maximum absolute atomic E-state index is 13.5. The predicted octanol–water partition coefficient (Wildman–Crippen LogP) is 5.32. The van der Waals surface area contributed by atoms with E-state index < -0.39 is 10.0 Å². The molecule has 8 nitrogen and oxygen atoms in total. The molecule has 4 rings (SSSR count). The van der Waals surface area contributed by atoms with Gasteiger partial charge in [-0.2, -0.15) is 0 Å². The van der Waals surface area contributed by atoms with Crippen LogP contribution >= 0.6 is 23.2 Å². The maximum atomic E-state index is 13.5. The molecule has 0 aliphatic rings. The third-order valence-electron chi connectivity index (χ3n) is 5.47. The molecule has 11 heteroatoms. The molecule has 0 amide bonds. The number of hydrogen-bond acceptors (Lipinski definition) is 6. The maximum Gasteiger partial charge on any atom is 0.261 e. The number of carbonyl (C=O) groups is 1. The summed E-state index contributed by atoms with van der Waals surface area (Å²) in [6, 6.07) is 10.3. The average molecular weight is 518 g/mol. The number of nitrogens with two attached hydrogens (primary N) is 1. The normalized spacial score (nSPS) is 12.6. The Balaban J connectivity index is 1.73. The lowest BCUT2D eigenvalue weighted by Gasteiger charge is -2.11. The first-order valence-electron chi connectivity index (χ1n) is 10.4. The highest BCUT2D eigenvalue weighted by molar-refractivity contribution is 7.92. The van der Waals surface area contributed by atoms with Gasteiger partial charge in [0, 0.05) is 33.5 Å². The zero-order valence-corrected chi connectivity index (χ0v) is 20.6. The number of ketones is 1. The van der Waals surface area contributed by atoms with E-state index in [2.05, 4.69) is 14.7 Å². The zero-order valence-electron chi connectivity index (χ0n) is 18.3. The average Bonchev–Trinajstić information content (AvgIpc) is 3.18. The quantitative estimate of drug-likeness (QED) is 0.320. The highest BCUT2D eigenvalue weighted by Crippen LogP contribution is 2.30. The molecule has 0 saturated carbocycles. The molecule has 2 aromatic carbocycles. The van der Waals surface area contributed by atoms with E-state index in [1.807, 2.05) is 18.4 Å². The monoisotopic (exact) mass is 517 g/mol. The van der Waals surface area contributed by atoms with E-state index >= 15 is 0 Å². The van der Waals surface area contributed by atoms with Gasteiger partial charge in [-0.25, -0.2) is 18.4 Å². The largest absolute Gasteiger partial charge is 0.383 e. The highest BCUT2D eigenvalue weighted by Gasteiger charge is 2.23. The van der Waals surface area contributed by atoms with Crippen LogP contribution in [0.25, 0.3) is 11.0 Å². The third kappa shape index (κ3) is 4.59. The molecule has 0 aliphatic carbocycles. The van der Waals surface area contributed by atoms with Crippen molar-refractivity contribution in [1.82, 2.24) is 14.5 Å². The van der Waals surface area contributed by atoms with Crippen LogP contribution in [0.4, 0.5) is 11.5 Å². The van der Waals surface area contributed by atoms with Crippen LogP contribution in [0.3, 0.4) is 0 Å². The second kappa shape index (κ2) is 9.25. The number of rotatable bonds is 7. The number of carbonyl (C=O) groups excluding carboxylic acids is 1. The van der Waals surface area contributed by atoms with Gasteiger partial charge in [0.1, 0.15) is 17.8 Å². The molecular weight excluding hydrogens is 497 g/mol. The van der Waals surface area contributed by atoms with Crippen LogP contribution < -0.4 is 10.5 Å². The van der Waals surface area contributed by atoms with Gasteiger partial charge >= 0.3 is 0 Å². The zero-order chi connectivity index (χ0) is 24.6. The Morgan fingerprint density at radius 1 is 1.15 bits per heavy atom. The van der Waals surface area contributed by atoms with Crippen LogP contribution in [-0.2, 0) is 10.0 Å². The van der Waals surface area contributed by atoms with Gasteiger partial charge in [-0.05, 0) is 43.7 Å². The minimum atomic E-state index is -3.99. The van der Waals surface area contributed by atoms with Crippen molar-refractivity contribution in [2.45, 2.75) is 31.2 Å². The van der Waals surface area contributed by atoms with Crippen LogP contribution in [-0.4, -0.2) is 28.7 Å².